The zero-order valence-electron chi connectivity index (χ0n) is 18.4. The molecule has 3 heteroatoms. The molecule has 0 aliphatic rings. The molecule has 0 aliphatic heterocycles. The van der Waals surface area contributed by atoms with Crippen LogP contribution in [0.3, 0.4) is 0 Å². The molecule has 0 amide bonds. The van der Waals surface area contributed by atoms with Crippen LogP contribution in [-0.4, -0.2) is 10.2 Å². The minimum Gasteiger partial charge on any atom is -0.398 e. The summed E-state index contributed by atoms with van der Waals surface area (Å²) in [5, 5.41) is 18.9. The average molecular weight is 404 g/mol. The molecule has 4 N–H and O–H groups in total. The molecule has 30 heavy (non-hydrogen) atoms. The maximum absolute atomic E-state index is 9.45. The summed E-state index contributed by atoms with van der Waals surface area (Å²) in [6.45, 7) is 8.79. The summed E-state index contributed by atoms with van der Waals surface area (Å²) < 4.78 is 0. The van der Waals surface area contributed by atoms with Gasteiger partial charge in [0, 0.05) is 11.6 Å². The smallest absolute Gasteiger partial charge is 0.0681 e. The lowest BCUT2D eigenvalue weighted by atomic mass is 9.80. The lowest BCUT2D eigenvalue weighted by Crippen LogP contribution is -2.09. The van der Waals surface area contributed by atoms with Gasteiger partial charge in [-0.05, 0) is 50.8 Å². The van der Waals surface area contributed by atoms with Crippen LogP contribution < -0.4 is 5.73 Å². The Hall–Kier alpha value is -2.62. The third-order valence-corrected chi connectivity index (χ3v) is 5.83. The second-order valence-electron chi connectivity index (χ2n) is 8.65. The first-order valence-electron chi connectivity index (χ1n) is 10.7. The third kappa shape index (κ3) is 4.58. The molecule has 3 rings (SSSR count). The number of nitrogens with two attached hydrogens (primary N) is 1. The maximum atomic E-state index is 9.45. The zero-order chi connectivity index (χ0) is 21.8. The van der Waals surface area contributed by atoms with E-state index in [0.29, 0.717) is 11.8 Å². The largest absolute Gasteiger partial charge is 0.398 e. The predicted octanol–water partition coefficient (Wildman–Crippen LogP) is 5.68. The molecule has 0 saturated heterocycles. The monoisotopic (exact) mass is 403 g/mol. The highest BCUT2D eigenvalue weighted by atomic mass is 16.3. The molecule has 0 aromatic heterocycles. The third-order valence-electron chi connectivity index (χ3n) is 5.83. The Morgan fingerprint density at radius 1 is 0.633 bits per heavy atom. The van der Waals surface area contributed by atoms with Crippen molar-refractivity contribution in [2.75, 3.05) is 5.73 Å². The van der Waals surface area contributed by atoms with Crippen LogP contribution in [0.25, 0.3) is 0 Å². The quantitative estimate of drug-likeness (QED) is 0.351. The van der Waals surface area contributed by atoms with Crippen LogP contribution in [0.1, 0.15) is 84.4 Å². The number of rotatable bonds is 7. The van der Waals surface area contributed by atoms with Gasteiger partial charge in [-0.15, -0.1) is 0 Å². The van der Waals surface area contributed by atoms with E-state index in [1.165, 1.54) is 16.7 Å². The van der Waals surface area contributed by atoms with Crippen molar-refractivity contribution in [2.24, 2.45) is 0 Å². The second kappa shape index (κ2) is 9.46. The molecule has 0 fully saturated rings. The first kappa shape index (κ1) is 22.1. The summed E-state index contributed by atoms with van der Waals surface area (Å²) in [6.07, 6.45) is 0. The Morgan fingerprint density at radius 3 is 1.30 bits per heavy atom. The highest BCUT2D eigenvalue weighted by molar-refractivity contribution is 5.60. The van der Waals surface area contributed by atoms with Crippen LogP contribution in [-0.2, 0) is 13.2 Å². The average Bonchev–Trinajstić information content (AvgIpc) is 2.75. The zero-order valence-corrected chi connectivity index (χ0v) is 18.4. The number of benzene rings is 3. The van der Waals surface area contributed by atoms with E-state index in [9.17, 15) is 10.2 Å². The minimum atomic E-state index is 0.0347. The van der Waals surface area contributed by atoms with Gasteiger partial charge < -0.3 is 15.9 Å². The van der Waals surface area contributed by atoms with Crippen molar-refractivity contribution < 1.29 is 10.2 Å². The molecule has 0 radical (unpaired) electrons. The van der Waals surface area contributed by atoms with Gasteiger partial charge >= 0.3 is 0 Å². The van der Waals surface area contributed by atoms with Gasteiger partial charge in [-0.2, -0.15) is 0 Å². The summed E-state index contributed by atoms with van der Waals surface area (Å²) in [5.41, 5.74) is 15.2. The van der Waals surface area contributed by atoms with Crippen molar-refractivity contribution in [1.82, 2.24) is 0 Å². The summed E-state index contributed by atoms with van der Waals surface area (Å²) in [4.78, 5) is 0. The minimum absolute atomic E-state index is 0.0347. The normalized spacial score (nSPS) is 11.6. The fourth-order valence-electron chi connectivity index (χ4n) is 4.05. The van der Waals surface area contributed by atoms with Crippen LogP contribution in [0.5, 0.6) is 0 Å². The Bertz CT molecular complexity index is 896. The van der Waals surface area contributed by atoms with Crippen molar-refractivity contribution in [2.45, 2.75) is 58.7 Å². The van der Waals surface area contributed by atoms with Gasteiger partial charge in [0.15, 0.2) is 0 Å². The molecule has 0 atom stereocenters. The Morgan fingerprint density at radius 2 is 1.00 bits per heavy atom. The van der Waals surface area contributed by atoms with Gasteiger partial charge in [0.05, 0.1) is 13.2 Å². The SMILES string of the molecule is CC(C)c1cc(C(c2ccc(CO)cc2)c2ccc(CO)cc2)cc(C(C)C)c1N. The molecule has 0 unspecified atom stereocenters. The van der Waals surface area contributed by atoms with Gasteiger partial charge in [-0.25, -0.2) is 0 Å². The van der Waals surface area contributed by atoms with Crippen molar-refractivity contribution in [1.29, 1.82) is 0 Å². The lowest BCUT2D eigenvalue weighted by molar-refractivity contribution is 0.281. The van der Waals surface area contributed by atoms with E-state index in [1.807, 2.05) is 24.3 Å². The summed E-state index contributed by atoms with van der Waals surface area (Å²) in [7, 11) is 0. The molecule has 0 saturated carbocycles. The van der Waals surface area contributed by atoms with Gasteiger partial charge in [0.1, 0.15) is 0 Å². The number of anilines is 1. The van der Waals surface area contributed by atoms with Crippen LogP contribution >= 0.6 is 0 Å². The highest BCUT2D eigenvalue weighted by Gasteiger charge is 2.21. The second-order valence-corrected chi connectivity index (χ2v) is 8.65. The van der Waals surface area contributed by atoms with Crippen LogP contribution in [0.4, 0.5) is 5.69 Å². The van der Waals surface area contributed by atoms with E-state index in [1.54, 1.807) is 0 Å². The van der Waals surface area contributed by atoms with Crippen molar-refractivity contribution in [3.8, 4) is 0 Å². The first-order valence-corrected chi connectivity index (χ1v) is 10.7. The molecule has 3 aromatic carbocycles. The van der Waals surface area contributed by atoms with E-state index in [4.69, 9.17) is 5.73 Å². The number of hydrogen-bond acceptors (Lipinski definition) is 3. The Balaban J connectivity index is 2.22. The highest BCUT2D eigenvalue weighted by Crippen LogP contribution is 2.39. The van der Waals surface area contributed by atoms with E-state index in [-0.39, 0.29) is 19.1 Å². The lowest BCUT2D eigenvalue weighted by Gasteiger charge is -2.24. The van der Waals surface area contributed by atoms with Gasteiger partial charge in [-0.3, -0.25) is 0 Å². The van der Waals surface area contributed by atoms with E-state index in [2.05, 4.69) is 64.1 Å². The van der Waals surface area contributed by atoms with Crippen LogP contribution in [0, 0.1) is 0 Å². The number of aliphatic hydroxyl groups is 2. The van der Waals surface area contributed by atoms with Gasteiger partial charge in [0.25, 0.3) is 0 Å². The number of aliphatic hydroxyl groups excluding tert-OH is 2. The fraction of sp³-hybridized carbons (Fsp3) is 0.333. The molecular weight excluding hydrogens is 370 g/mol. The van der Waals surface area contributed by atoms with Gasteiger partial charge in [0.2, 0.25) is 0 Å². The van der Waals surface area contributed by atoms with Crippen molar-refractivity contribution >= 4 is 5.69 Å². The summed E-state index contributed by atoms with van der Waals surface area (Å²) in [5.74, 6) is 0.703. The Kier molecular flexibility index (Phi) is 6.96. The van der Waals surface area contributed by atoms with Crippen molar-refractivity contribution in [3.05, 3.63) is 99.6 Å². The van der Waals surface area contributed by atoms with E-state index in [0.717, 1.165) is 27.9 Å². The maximum Gasteiger partial charge on any atom is 0.0681 e. The topological polar surface area (TPSA) is 66.5 Å². The molecule has 158 valence electrons. The van der Waals surface area contributed by atoms with Crippen molar-refractivity contribution in [3.63, 3.8) is 0 Å². The molecule has 0 spiro atoms. The number of nitrogen functional groups attached to an aromatic ring is 1. The molecule has 3 aromatic rings. The molecule has 0 aliphatic carbocycles. The number of hydrogen-bond donors (Lipinski definition) is 3. The molecule has 0 heterocycles. The molecule has 0 bridgehead atoms. The van der Waals surface area contributed by atoms with Crippen LogP contribution in [0.2, 0.25) is 0 Å². The van der Waals surface area contributed by atoms with E-state index < -0.39 is 0 Å². The molecular formula is C27H33NO2. The summed E-state index contributed by atoms with van der Waals surface area (Å²) in [6, 6.07) is 20.8. The first-order chi connectivity index (χ1) is 14.3. The fourth-order valence-corrected chi connectivity index (χ4v) is 4.05. The van der Waals surface area contributed by atoms with E-state index >= 15 is 0 Å². The van der Waals surface area contributed by atoms with Crippen LogP contribution in [0.15, 0.2) is 60.7 Å². The Labute approximate surface area is 180 Å². The predicted molar refractivity (Wildman–Crippen MR) is 125 cm³/mol. The standard InChI is InChI=1S/C27H33NO2/c1-17(2)24-13-23(14-25(18(3)4)27(24)28)26(21-9-5-19(15-29)6-10-21)22-11-7-20(16-30)8-12-22/h5-14,17-18,26,29-30H,15-16,28H2,1-4H3. The summed E-state index contributed by atoms with van der Waals surface area (Å²) >= 11 is 0. The van der Waals surface area contributed by atoms with Gasteiger partial charge in [-0.1, -0.05) is 88.4 Å². The molecule has 3 nitrogen and oxygen atoms in total.